The molecule has 2 nitrogen and oxygen atoms in total. The summed E-state index contributed by atoms with van der Waals surface area (Å²) in [5.41, 5.74) is 0.945. The van der Waals surface area contributed by atoms with Gasteiger partial charge in [-0.1, -0.05) is 36.4 Å². The number of benzene rings is 2. The fourth-order valence-electron chi connectivity index (χ4n) is 1.88. The highest BCUT2D eigenvalue weighted by Gasteiger charge is 2.07. The zero-order valence-electron chi connectivity index (χ0n) is 10.9. The van der Waals surface area contributed by atoms with Gasteiger partial charge in [0, 0.05) is 6.42 Å². The summed E-state index contributed by atoms with van der Waals surface area (Å²) in [4.78, 5) is 11.4. The van der Waals surface area contributed by atoms with Crippen LogP contribution >= 0.6 is 0 Å². The van der Waals surface area contributed by atoms with E-state index in [0.717, 1.165) is 16.3 Å². The van der Waals surface area contributed by atoms with E-state index in [-0.39, 0.29) is 25.4 Å². The van der Waals surface area contributed by atoms with Gasteiger partial charge in [0.15, 0.2) is 0 Å². The van der Waals surface area contributed by atoms with Gasteiger partial charge in [-0.3, -0.25) is 4.79 Å². The quantitative estimate of drug-likeness (QED) is 0.759. The third kappa shape index (κ3) is 4.05. The Hall–Kier alpha value is -1.90. The number of carbonyl (C=O) groups excluding carboxylic acids is 1. The minimum Gasteiger partial charge on any atom is -0.461 e. The summed E-state index contributed by atoms with van der Waals surface area (Å²) in [6, 6.07) is 14.0. The fourth-order valence-corrected chi connectivity index (χ4v) is 1.88. The van der Waals surface area contributed by atoms with Crippen LogP contribution in [0.5, 0.6) is 0 Å². The van der Waals surface area contributed by atoms with Crippen molar-refractivity contribution in [2.24, 2.45) is 0 Å². The molecule has 0 aliphatic rings. The number of ether oxygens (including phenoxy) is 1. The molecular formula is C16H17FO2. The Labute approximate surface area is 112 Å². The van der Waals surface area contributed by atoms with Gasteiger partial charge in [0.25, 0.3) is 0 Å². The SMILES string of the molecule is CC(F)CCC(=O)OCc1ccc2ccccc2c1. The molecule has 0 radical (unpaired) electrons. The highest BCUT2D eigenvalue weighted by Crippen LogP contribution is 2.16. The molecule has 2 rings (SSSR count). The Morgan fingerprint density at radius 3 is 2.68 bits per heavy atom. The molecule has 0 fully saturated rings. The summed E-state index contributed by atoms with van der Waals surface area (Å²) in [5, 5.41) is 2.28. The van der Waals surface area contributed by atoms with Crippen LogP contribution in [0.3, 0.4) is 0 Å². The molecule has 0 aliphatic heterocycles. The molecule has 2 aromatic rings. The highest BCUT2D eigenvalue weighted by molar-refractivity contribution is 5.83. The van der Waals surface area contributed by atoms with Crippen LogP contribution in [0.4, 0.5) is 4.39 Å². The lowest BCUT2D eigenvalue weighted by Crippen LogP contribution is -2.06. The van der Waals surface area contributed by atoms with E-state index in [2.05, 4.69) is 0 Å². The molecule has 2 aromatic carbocycles. The molecule has 3 heteroatoms. The second-order valence-corrected chi connectivity index (χ2v) is 4.66. The van der Waals surface area contributed by atoms with Crippen LogP contribution in [0.25, 0.3) is 10.8 Å². The van der Waals surface area contributed by atoms with Gasteiger partial charge in [-0.25, -0.2) is 4.39 Å². The van der Waals surface area contributed by atoms with E-state index >= 15 is 0 Å². The Bertz CT molecular complexity index is 563. The van der Waals surface area contributed by atoms with Crippen molar-refractivity contribution in [1.29, 1.82) is 0 Å². The number of esters is 1. The molecule has 0 amide bonds. The van der Waals surface area contributed by atoms with Crippen molar-refractivity contribution in [3.05, 3.63) is 48.0 Å². The second-order valence-electron chi connectivity index (χ2n) is 4.66. The lowest BCUT2D eigenvalue weighted by molar-refractivity contribution is -0.145. The molecule has 0 N–H and O–H groups in total. The number of fused-ring (bicyclic) bond motifs is 1. The van der Waals surface area contributed by atoms with E-state index in [1.807, 2.05) is 42.5 Å². The fraction of sp³-hybridized carbons (Fsp3) is 0.312. The van der Waals surface area contributed by atoms with Crippen LogP contribution in [0.15, 0.2) is 42.5 Å². The third-order valence-electron chi connectivity index (χ3n) is 2.96. The first kappa shape index (κ1) is 13.5. The van der Waals surface area contributed by atoms with Crippen molar-refractivity contribution in [2.75, 3.05) is 0 Å². The zero-order valence-corrected chi connectivity index (χ0v) is 10.9. The maximum atomic E-state index is 12.6. The molecular weight excluding hydrogens is 243 g/mol. The molecule has 100 valence electrons. The van der Waals surface area contributed by atoms with Crippen LogP contribution < -0.4 is 0 Å². The van der Waals surface area contributed by atoms with Gasteiger partial charge < -0.3 is 4.74 Å². The van der Waals surface area contributed by atoms with E-state index in [1.54, 1.807) is 0 Å². The van der Waals surface area contributed by atoms with Crippen molar-refractivity contribution in [1.82, 2.24) is 0 Å². The molecule has 0 aliphatic carbocycles. The number of hydrogen-bond acceptors (Lipinski definition) is 2. The summed E-state index contributed by atoms with van der Waals surface area (Å²) < 4.78 is 17.7. The lowest BCUT2D eigenvalue weighted by atomic mass is 10.1. The summed E-state index contributed by atoms with van der Waals surface area (Å²) in [5.74, 6) is -0.349. The standard InChI is InChI=1S/C16H17FO2/c1-12(17)6-9-16(18)19-11-13-7-8-14-4-2-3-5-15(14)10-13/h2-5,7-8,10,12H,6,9,11H2,1H3. The molecule has 19 heavy (non-hydrogen) atoms. The summed E-state index contributed by atoms with van der Waals surface area (Å²) in [6.07, 6.45) is -0.616. The monoisotopic (exact) mass is 260 g/mol. The van der Waals surface area contributed by atoms with Crippen molar-refractivity contribution < 1.29 is 13.9 Å². The number of rotatable bonds is 5. The molecule has 0 saturated heterocycles. The normalized spacial score (nSPS) is 12.3. The maximum absolute atomic E-state index is 12.6. The average molecular weight is 260 g/mol. The van der Waals surface area contributed by atoms with Crippen LogP contribution in [0, 0.1) is 0 Å². The summed E-state index contributed by atoms with van der Waals surface area (Å²) in [7, 11) is 0. The van der Waals surface area contributed by atoms with E-state index in [1.165, 1.54) is 6.92 Å². The van der Waals surface area contributed by atoms with Gasteiger partial charge in [0.1, 0.15) is 6.61 Å². The summed E-state index contributed by atoms with van der Waals surface area (Å²) in [6.45, 7) is 1.68. The minimum absolute atomic E-state index is 0.130. The third-order valence-corrected chi connectivity index (χ3v) is 2.96. The van der Waals surface area contributed by atoms with Gasteiger partial charge >= 0.3 is 5.97 Å². The molecule has 0 aromatic heterocycles. The van der Waals surface area contributed by atoms with Crippen molar-refractivity contribution in [3.63, 3.8) is 0 Å². The van der Waals surface area contributed by atoms with E-state index in [9.17, 15) is 9.18 Å². The number of hydrogen-bond donors (Lipinski definition) is 0. The number of halogens is 1. The Morgan fingerprint density at radius 2 is 1.95 bits per heavy atom. The molecule has 0 heterocycles. The second kappa shape index (κ2) is 6.32. The van der Waals surface area contributed by atoms with E-state index in [4.69, 9.17) is 4.74 Å². The lowest BCUT2D eigenvalue weighted by Gasteiger charge is -2.06. The zero-order chi connectivity index (χ0) is 13.7. The molecule has 0 spiro atoms. The van der Waals surface area contributed by atoms with Crippen LogP contribution in [0.1, 0.15) is 25.3 Å². The Balaban J connectivity index is 1.92. The maximum Gasteiger partial charge on any atom is 0.306 e. The first-order chi connectivity index (χ1) is 9.15. The Morgan fingerprint density at radius 1 is 1.21 bits per heavy atom. The summed E-state index contributed by atoms with van der Waals surface area (Å²) >= 11 is 0. The van der Waals surface area contributed by atoms with Crippen molar-refractivity contribution in [2.45, 2.75) is 32.5 Å². The number of carbonyl (C=O) groups is 1. The predicted octanol–water partition coefficient (Wildman–Crippen LogP) is 4.02. The number of alkyl halides is 1. The molecule has 1 unspecified atom stereocenters. The Kier molecular flexibility index (Phi) is 4.50. The topological polar surface area (TPSA) is 26.3 Å². The minimum atomic E-state index is -0.965. The molecule has 0 saturated carbocycles. The van der Waals surface area contributed by atoms with Gasteiger partial charge in [-0.05, 0) is 35.7 Å². The predicted molar refractivity (Wildman–Crippen MR) is 73.5 cm³/mol. The van der Waals surface area contributed by atoms with Gasteiger partial charge in [-0.15, -0.1) is 0 Å². The largest absolute Gasteiger partial charge is 0.461 e. The average Bonchev–Trinajstić information content (AvgIpc) is 2.42. The molecule has 0 bridgehead atoms. The van der Waals surface area contributed by atoms with Crippen LogP contribution in [-0.4, -0.2) is 12.1 Å². The van der Waals surface area contributed by atoms with E-state index < -0.39 is 6.17 Å². The van der Waals surface area contributed by atoms with Crippen molar-refractivity contribution >= 4 is 16.7 Å². The smallest absolute Gasteiger partial charge is 0.306 e. The van der Waals surface area contributed by atoms with Crippen molar-refractivity contribution in [3.8, 4) is 0 Å². The van der Waals surface area contributed by atoms with Crippen LogP contribution in [0.2, 0.25) is 0 Å². The van der Waals surface area contributed by atoms with Crippen LogP contribution in [-0.2, 0) is 16.1 Å². The van der Waals surface area contributed by atoms with Gasteiger partial charge in [-0.2, -0.15) is 0 Å². The molecule has 1 atom stereocenters. The van der Waals surface area contributed by atoms with Gasteiger partial charge in [0.2, 0.25) is 0 Å². The highest BCUT2D eigenvalue weighted by atomic mass is 19.1. The first-order valence-corrected chi connectivity index (χ1v) is 6.42. The van der Waals surface area contributed by atoms with Gasteiger partial charge in [0.05, 0.1) is 6.17 Å². The van der Waals surface area contributed by atoms with E-state index in [0.29, 0.717) is 0 Å². The first-order valence-electron chi connectivity index (χ1n) is 6.42.